The maximum Gasteiger partial charge on any atom is 0.303 e. The third kappa shape index (κ3) is 5.34. The molecule has 1 aliphatic rings. The Balaban J connectivity index is 1.81. The number of hydrogen-bond acceptors (Lipinski definition) is 3. The first-order chi connectivity index (χ1) is 13.2. The lowest BCUT2D eigenvalue weighted by molar-refractivity contribution is -0.136. The highest BCUT2D eigenvalue weighted by Gasteiger charge is 2.22. The summed E-state index contributed by atoms with van der Waals surface area (Å²) in [6, 6.07) is 10.2. The Labute approximate surface area is 161 Å². The second kappa shape index (κ2) is 9.58. The molecule has 0 amide bonds. The number of aromatic nitrogens is 2. The van der Waals surface area contributed by atoms with E-state index in [2.05, 4.69) is 13.0 Å². The molecule has 1 fully saturated rings. The monoisotopic (exact) mass is 370 g/mol. The molecule has 3 rings (SSSR count). The van der Waals surface area contributed by atoms with E-state index >= 15 is 0 Å². The van der Waals surface area contributed by atoms with Crippen molar-refractivity contribution >= 4 is 5.97 Å². The summed E-state index contributed by atoms with van der Waals surface area (Å²) in [6.45, 7) is 2.89. The van der Waals surface area contributed by atoms with Crippen LogP contribution in [0.25, 0.3) is 5.69 Å². The Kier molecular flexibility index (Phi) is 6.91. The molecule has 1 aliphatic carbocycles. The molecule has 5 nitrogen and oxygen atoms in total. The van der Waals surface area contributed by atoms with Crippen molar-refractivity contribution in [1.29, 1.82) is 0 Å². The van der Waals surface area contributed by atoms with Gasteiger partial charge >= 0.3 is 5.97 Å². The smallest absolute Gasteiger partial charge is 0.303 e. The number of aliphatic carboxylic acids is 1. The van der Waals surface area contributed by atoms with Crippen LogP contribution >= 0.6 is 0 Å². The van der Waals surface area contributed by atoms with Crippen LogP contribution in [0.1, 0.15) is 75.6 Å². The average Bonchev–Trinajstić information content (AvgIpc) is 3.12. The van der Waals surface area contributed by atoms with Crippen molar-refractivity contribution in [2.45, 2.75) is 70.6 Å². The van der Waals surface area contributed by atoms with Gasteiger partial charge in [-0.05, 0) is 49.6 Å². The molecular formula is C22H30N2O3. The summed E-state index contributed by atoms with van der Waals surface area (Å²) < 4.78 is 7.78. The largest absolute Gasteiger partial charge is 0.494 e. The number of ether oxygens (including phenoxy) is 1. The molecule has 146 valence electrons. The highest BCUT2D eigenvalue weighted by molar-refractivity contribution is 5.67. The van der Waals surface area contributed by atoms with Gasteiger partial charge in [0.15, 0.2) is 0 Å². The van der Waals surface area contributed by atoms with Crippen LogP contribution in [0.15, 0.2) is 30.3 Å². The maximum atomic E-state index is 10.9. The third-order valence-electron chi connectivity index (χ3n) is 5.25. The lowest BCUT2D eigenvalue weighted by Crippen LogP contribution is -2.11. The van der Waals surface area contributed by atoms with Crippen molar-refractivity contribution < 1.29 is 14.6 Å². The summed E-state index contributed by atoms with van der Waals surface area (Å²) in [5.41, 5.74) is 3.09. The van der Waals surface area contributed by atoms with Gasteiger partial charge in [0.25, 0.3) is 0 Å². The zero-order valence-electron chi connectivity index (χ0n) is 16.2. The van der Waals surface area contributed by atoms with Crippen LogP contribution in [0.3, 0.4) is 0 Å². The van der Waals surface area contributed by atoms with E-state index in [-0.39, 0.29) is 6.42 Å². The van der Waals surface area contributed by atoms with Crippen molar-refractivity contribution in [3.05, 3.63) is 41.7 Å². The molecule has 1 aromatic heterocycles. The molecule has 5 heteroatoms. The van der Waals surface area contributed by atoms with Gasteiger partial charge in [-0.15, -0.1) is 0 Å². The number of carbonyl (C=O) groups is 1. The summed E-state index contributed by atoms with van der Waals surface area (Å²) in [7, 11) is 0. The lowest BCUT2D eigenvalue weighted by Gasteiger charge is -2.22. The minimum atomic E-state index is -0.780. The van der Waals surface area contributed by atoms with Gasteiger partial charge in [-0.25, -0.2) is 4.68 Å². The molecule has 27 heavy (non-hydrogen) atoms. The lowest BCUT2D eigenvalue weighted by atomic mass is 9.86. The van der Waals surface area contributed by atoms with Gasteiger partial charge in [-0.1, -0.05) is 32.6 Å². The Morgan fingerprint density at radius 2 is 1.96 bits per heavy atom. The topological polar surface area (TPSA) is 64.4 Å². The number of benzene rings is 1. The molecule has 0 saturated heterocycles. The second-order valence-electron chi connectivity index (χ2n) is 7.40. The normalized spacial score (nSPS) is 15.0. The number of hydrogen-bond donors (Lipinski definition) is 1. The SMILES string of the molecule is CCCCOc1ccc(-n2nc(CCC(=O)O)cc2C2CCCCC2)cc1. The van der Waals surface area contributed by atoms with Gasteiger partial charge < -0.3 is 9.84 Å². The minimum absolute atomic E-state index is 0.116. The Hall–Kier alpha value is -2.30. The Bertz CT molecular complexity index is 731. The van der Waals surface area contributed by atoms with Gasteiger partial charge in [-0.2, -0.15) is 5.10 Å². The van der Waals surface area contributed by atoms with Crippen molar-refractivity contribution in [3.63, 3.8) is 0 Å². The first-order valence-corrected chi connectivity index (χ1v) is 10.2. The van der Waals surface area contributed by atoms with Gasteiger partial charge in [0.1, 0.15) is 5.75 Å². The number of rotatable bonds is 9. The van der Waals surface area contributed by atoms with Crippen LogP contribution in [-0.2, 0) is 11.2 Å². The summed E-state index contributed by atoms with van der Waals surface area (Å²) >= 11 is 0. The highest BCUT2D eigenvalue weighted by Crippen LogP contribution is 2.34. The summed E-state index contributed by atoms with van der Waals surface area (Å²) in [5, 5.41) is 13.7. The fraction of sp³-hybridized carbons (Fsp3) is 0.545. The fourth-order valence-corrected chi connectivity index (χ4v) is 3.72. The quantitative estimate of drug-likeness (QED) is 0.623. The van der Waals surface area contributed by atoms with Crippen LogP contribution in [0.2, 0.25) is 0 Å². The van der Waals surface area contributed by atoms with Crippen LogP contribution in [0.4, 0.5) is 0 Å². The number of carboxylic acids is 1. The van der Waals surface area contributed by atoms with Crippen LogP contribution < -0.4 is 4.74 Å². The number of aryl methyl sites for hydroxylation is 1. The van der Waals surface area contributed by atoms with E-state index in [1.54, 1.807) is 0 Å². The Morgan fingerprint density at radius 3 is 2.63 bits per heavy atom. The molecule has 1 aromatic carbocycles. The van der Waals surface area contributed by atoms with Gasteiger partial charge in [0, 0.05) is 18.0 Å². The van der Waals surface area contributed by atoms with E-state index in [1.165, 1.54) is 37.8 Å². The second-order valence-corrected chi connectivity index (χ2v) is 7.40. The number of nitrogens with zero attached hydrogens (tertiary/aromatic N) is 2. The first kappa shape index (κ1) is 19.5. The van der Waals surface area contributed by atoms with Crippen molar-refractivity contribution in [2.24, 2.45) is 0 Å². The average molecular weight is 370 g/mol. The molecule has 0 atom stereocenters. The van der Waals surface area contributed by atoms with E-state index in [0.29, 0.717) is 12.3 Å². The predicted octanol–water partition coefficient (Wildman–Crippen LogP) is 5.12. The predicted molar refractivity (Wildman–Crippen MR) is 106 cm³/mol. The summed E-state index contributed by atoms with van der Waals surface area (Å²) in [4.78, 5) is 10.9. The van der Waals surface area contributed by atoms with Crippen LogP contribution in [0, 0.1) is 0 Å². The molecule has 2 aromatic rings. The first-order valence-electron chi connectivity index (χ1n) is 10.2. The zero-order valence-corrected chi connectivity index (χ0v) is 16.2. The number of carboxylic acid groups (broad SMARTS) is 1. The van der Waals surface area contributed by atoms with Gasteiger partial charge in [-0.3, -0.25) is 4.79 Å². The molecule has 1 heterocycles. The highest BCUT2D eigenvalue weighted by atomic mass is 16.5. The van der Waals surface area contributed by atoms with Crippen molar-refractivity contribution in [3.8, 4) is 11.4 Å². The zero-order chi connectivity index (χ0) is 19.1. The van der Waals surface area contributed by atoms with Crippen LogP contribution in [0.5, 0.6) is 5.75 Å². The van der Waals surface area contributed by atoms with Crippen molar-refractivity contribution in [1.82, 2.24) is 9.78 Å². The molecular weight excluding hydrogens is 340 g/mol. The van der Waals surface area contributed by atoms with Gasteiger partial charge in [0.05, 0.1) is 24.4 Å². The van der Waals surface area contributed by atoms with Crippen LogP contribution in [-0.4, -0.2) is 27.5 Å². The van der Waals surface area contributed by atoms with E-state index < -0.39 is 5.97 Å². The molecule has 0 bridgehead atoms. The summed E-state index contributed by atoms with van der Waals surface area (Å²) in [5.74, 6) is 0.604. The minimum Gasteiger partial charge on any atom is -0.494 e. The third-order valence-corrected chi connectivity index (χ3v) is 5.25. The van der Waals surface area contributed by atoms with E-state index in [1.807, 2.05) is 28.9 Å². The Morgan fingerprint density at radius 1 is 1.22 bits per heavy atom. The maximum absolute atomic E-state index is 10.9. The molecule has 0 unspecified atom stereocenters. The van der Waals surface area contributed by atoms with Gasteiger partial charge in [0.2, 0.25) is 0 Å². The van der Waals surface area contributed by atoms with E-state index in [0.717, 1.165) is 36.6 Å². The molecule has 0 spiro atoms. The van der Waals surface area contributed by atoms with E-state index in [9.17, 15) is 4.79 Å². The molecule has 1 N–H and O–H groups in total. The standard InChI is InChI=1S/C22H30N2O3/c1-2-3-15-27-20-12-10-19(11-13-20)24-21(17-7-5-4-6-8-17)16-18(23-24)9-14-22(25)26/h10-13,16-17H,2-9,14-15H2,1H3,(H,25,26). The van der Waals surface area contributed by atoms with Crippen molar-refractivity contribution in [2.75, 3.05) is 6.61 Å². The van der Waals surface area contributed by atoms with E-state index in [4.69, 9.17) is 14.9 Å². The summed E-state index contributed by atoms with van der Waals surface area (Å²) in [6.07, 6.45) is 8.94. The fourth-order valence-electron chi connectivity index (χ4n) is 3.72. The molecule has 0 radical (unpaired) electrons. The number of unbranched alkanes of at least 4 members (excludes halogenated alkanes) is 1. The molecule has 0 aliphatic heterocycles. The molecule has 1 saturated carbocycles.